The number of phenols is 1. The zero-order chi connectivity index (χ0) is 15.2. The third kappa shape index (κ3) is 4.75. The van der Waals surface area contributed by atoms with E-state index >= 15 is 0 Å². The first-order valence-corrected chi connectivity index (χ1v) is 7.08. The van der Waals surface area contributed by atoms with Crippen LogP contribution >= 0.6 is 0 Å². The van der Waals surface area contributed by atoms with Gasteiger partial charge in [0, 0.05) is 18.9 Å². The molecule has 1 fully saturated rings. The van der Waals surface area contributed by atoms with E-state index in [9.17, 15) is 19.8 Å². The van der Waals surface area contributed by atoms with Gasteiger partial charge in [-0.2, -0.15) is 0 Å². The molecular formula is C15H20N2O4. The summed E-state index contributed by atoms with van der Waals surface area (Å²) in [6, 6.07) is 5.49. The summed E-state index contributed by atoms with van der Waals surface area (Å²) in [7, 11) is 0. The molecule has 6 heteroatoms. The minimum Gasteiger partial charge on any atom is -0.508 e. The molecule has 1 aliphatic heterocycles. The Morgan fingerprint density at radius 3 is 2.62 bits per heavy atom. The second kappa shape index (κ2) is 7.08. The number of aromatic hydroxyl groups is 1. The molecule has 0 aromatic heterocycles. The van der Waals surface area contributed by atoms with Crippen LogP contribution in [0.3, 0.4) is 0 Å². The summed E-state index contributed by atoms with van der Waals surface area (Å²) in [6.45, 7) is 0.911. The first-order valence-electron chi connectivity index (χ1n) is 7.08. The lowest BCUT2D eigenvalue weighted by molar-refractivity contribution is -0.141. The molecule has 1 heterocycles. The van der Waals surface area contributed by atoms with Crippen LogP contribution in [0.4, 0.5) is 0 Å². The standard InChI is InChI=1S/C15H20N2O4/c18-12-5-3-10(4-6-12)8-13(15(20)21)17-14(19)9-11-2-1-7-16-11/h3-6,11,13,16,18H,1-2,7-9H2,(H,17,19)(H,20,21). The van der Waals surface area contributed by atoms with Crippen LogP contribution in [0.2, 0.25) is 0 Å². The second-order valence-electron chi connectivity index (χ2n) is 5.33. The quantitative estimate of drug-likeness (QED) is 0.617. The van der Waals surface area contributed by atoms with E-state index in [1.807, 2.05) is 0 Å². The third-order valence-corrected chi connectivity index (χ3v) is 3.60. The summed E-state index contributed by atoms with van der Waals surface area (Å²) in [6.07, 6.45) is 2.50. The Bertz CT molecular complexity index is 495. The molecule has 0 saturated carbocycles. The highest BCUT2D eigenvalue weighted by Crippen LogP contribution is 2.12. The van der Waals surface area contributed by atoms with Crippen LogP contribution in [0.25, 0.3) is 0 Å². The normalized spacial score (nSPS) is 19.1. The van der Waals surface area contributed by atoms with Crippen molar-refractivity contribution < 1.29 is 19.8 Å². The van der Waals surface area contributed by atoms with Gasteiger partial charge in [0.05, 0.1) is 0 Å². The van der Waals surface area contributed by atoms with Gasteiger partial charge in [0.1, 0.15) is 11.8 Å². The number of carboxylic acids is 1. The van der Waals surface area contributed by atoms with Crippen molar-refractivity contribution in [3.63, 3.8) is 0 Å². The summed E-state index contributed by atoms with van der Waals surface area (Å²) >= 11 is 0. The van der Waals surface area contributed by atoms with E-state index in [1.54, 1.807) is 12.1 Å². The number of benzene rings is 1. The Balaban J connectivity index is 1.90. The second-order valence-corrected chi connectivity index (χ2v) is 5.33. The number of carbonyl (C=O) groups is 2. The molecule has 1 saturated heterocycles. The lowest BCUT2D eigenvalue weighted by Crippen LogP contribution is -2.44. The molecule has 6 nitrogen and oxygen atoms in total. The molecule has 1 aromatic rings. The van der Waals surface area contributed by atoms with Gasteiger partial charge in [0.15, 0.2) is 0 Å². The van der Waals surface area contributed by atoms with Crippen LogP contribution in [0, 0.1) is 0 Å². The number of aliphatic carboxylic acids is 1. The fourth-order valence-corrected chi connectivity index (χ4v) is 2.48. The molecule has 1 amide bonds. The molecule has 2 rings (SSSR count). The van der Waals surface area contributed by atoms with Gasteiger partial charge in [-0.05, 0) is 37.1 Å². The smallest absolute Gasteiger partial charge is 0.326 e. The molecule has 1 aromatic carbocycles. The molecule has 114 valence electrons. The monoisotopic (exact) mass is 292 g/mol. The zero-order valence-corrected chi connectivity index (χ0v) is 11.7. The van der Waals surface area contributed by atoms with Crippen molar-refractivity contribution in [2.24, 2.45) is 0 Å². The number of amides is 1. The van der Waals surface area contributed by atoms with Crippen LogP contribution in [-0.2, 0) is 16.0 Å². The summed E-state index contributed by atoms with van der Waals surface area (Å²) < 4.78 is 0. The fourth-order valence-electron chi connectivity index (χ4n) is 2.48. The number of hydrogen-bond donors (Lipinski definition) is 4. The van der Waals surface area contributed by atoms with Gasteiger partial charge < -0.3 is 20.8 Å². The molecule has 2 unspecified atom stereocenters. The maximum absolute atomic E-state index is 11.9. The fraction of sp³-hybridized carbons (Fsp3) is 0.467. The Hall–Kier alpha value is -2.08. The van der Waals surface area contributed by atoms with E-state index < -0.39 is 12.0 Å². The number of rotatable bonds is 6. The van der Waals surface area contributed by atoms with Crippen LogP contribution in [0.1, 0.15) is 24.8 Å². The summed E-state index contributed by atoms with van der Waals surface area (Å²) in [4.78, 5) is 23.2. The Kier molecular flexibility index (Phi) is 5.16. The number of phenolic OH excluding ortho intramolecular Hbond substituents is 1. The van der Waals surface area contributed by atoms with Gasteiger partial charge in [-0.3, -0.25) is 4.79 Å². The van der Waals surface area contributed by atoms with E-state index in [-0.39, 0.29) is 24.1 Å². The zero-order valence-electron chi connectivity index (χ0n) is 11.7. The van der Waals surface area contributed by atoms with E-state index in [4.69, 9.17) is 0 Å². The lowest BCUT2D eigenvalue weighted by atomic mass is 10.0. The number of hydrogen-bond acceptors (Lipinski definition) is 4. The van der Waals surface area contributed by atoms with Gasteiger partial charge in [-0.25, -0.2) is 4.79 Å². The minimum atomic E-state index is -1.06. The highest BCUT2D eigenvalue weighted by atomic mass is 16.4. The highest BCUT2D eigenvalue weighted by molar-refractivity contribution is 5.84. The summed E-state index contributed by atoms with van der Waals surface area (Å²) in [5.74, 6) is -1.18. The molecule has 0 spiro atoms. The Morgan fingerprint density at radius 2 is 2.05 bits per heavy atom. The van der Waals surface area contributed by atoms with E-state index in [2.05, 4.69) is 10.6 Å². The average Bonchev–Trinajstić information content (AvgIpc) is 2.93. The molecule has 0 radical (unpaired) electrons. The Labute approximate surface area is 123 Å². The third-order valence-electron chi connectivity index (χ3n) is 3.60. The maximum Gasteiger partial charge on any atom is 0.326 e. The van der Waals surface area contributed by atoms with E-state index in [0.29, 0.717) is 6.42 Å². The van der Waals surface area contributed by atoms with Crippen molar-refractivity contribution in [1.82, 2.24) is 10.6 Å². The molecular weight excluding hydrogens is 272 g/mol. The average molecular weight is 292 g/mol. The highest BCUT2D eigenvalue weighted by Gasteiger charge is 2.23. The first-order chi connectivity index (χ1) is 10.0. The largest absolute Gasteiger partial charge is 0.508 e. The van der Waals surface area contributed by atoms with Crippen LogP contribution in [0.5, 0.6) is 5.75 Å². The summed E-state index contributed by atoms with van der Waals surface area (Å²) in [5.41, 5.74) is 0.750. The Morgan fingerprint density at radius 1 is 1.33 bits per heavy atom. The molecule has 0 bridgehead atoms. The van der Waals surface area contributed by atoms with Crippen LogP contribution < -0.4 is 10.6 Å². The molecule has 1 aliphatic rings. The summed E-state index contributed by atoms with van der Waals surface area (Å²) in [5, 5.41) is 24.2. The lowest BCUT2D eigenvalue weighted by Gasteiger charge is -2.16. The van der Waals surface area contributed by atoms with E-state index in [1.165, 1.54) is 12.1 Å². The number of carbonyl (C=O) groups excluding carboxylic acids is 1. The van der Waals surface area contributed by atoms with Gasteiger partial charge in [-0.15, -0.1) is 0 Å². The van der Waals surface area contributed by atoms with E-state index in [0.717, 1.165) is 24.9 Å². The van der Waals surface area contributed by atoms with Gasteiger partial charge in [0.25, 0.3) is 0 Å². The van der Waals surface area contributed by atoms with Crippen molar-refractivity contribution >= 4 is 11.9 Å². The molecule has 2 atom stereocenters. The molecule has 4 N–H and O–H groups in total. The van der Waals surface area contributed by atoms with Gasteiger partial charge >= 0.3 is 5.97 Å². The topological polar surface area (TPSA) is 98.7 Å². The van der Waals surface area contributed by atoms with Crippen molar-refractivity contribution in [2.45, 2.75) is 37.8 Å². The van der Waals surface area contributed by atoms with Gasteiger partial charge in [-0.1, -0.05) is 12.1 Å². The predicted molar refractivity (Wildman–Crippen MR) is 77.0 cm³/mol. The first kappa shape index (κ1) is 15.3. The van der Waals surface area contributed by atoms with Crippen LogP contribution in [0.15, 0.2) is 24.3 Å². The molecule has 21 heavy (non-hydrogen) atoms. The maximum atomic E-state index is 11.9. The minimum absolute atomic E-state index is 0.127. The van der Waals surface area contributed by atoms with Gasteiger partial charge in [0.2, 0.25) is 5.91 Å². The van der Waals surface area contributed by atoms with Crippen molar-refractivity contribution in [1.29, 1.82) is 0 Å². The van der Waals surface area contributed by atoms with Crippen molar-refractivity contribution in [2.75, 3.05) is 6.54 Å². The van der Waals surface area contributed by atoms with Crippen molar-refractivity contribution in [3.8, 4) is 5.75 Å². The number of nitrogens with one attached hydrogen (secondary N) is 2. The van der Waals surface area contributed by atoms with Crippen LogP contribution in [-0.4, -0.2) is 40.7 Å². The SMILES string of the molecule is O=C(CC1CCCN1)NC(Cc1ccc(O)cc1)C(=O)O. The molecule has 0 aliphatic carbocycles. The predicted octanol–water partition coefficient (Wildman–Crippen LogP) is 0.646. The van der Waals surface area contributed by atoms with Crippen molar-refractivity contribution in [3.05, 3.63) is 29.8 Å². The number of carboxylic acid groups (broad SMARTS) is 1.